The van der Waals surface area contributed by atoms with Gasteiger partial charge in [-0.3, -0.25) is 0 Å². The molecular formula is C16H21BrFN3O2S. The molecule has 24 heavy (non-hydrogen) atoms. The Bertz CT molecular complexity index is 778. The maximum absolute atomic E-state index is 13.9. The van der Waals surface area contributed by atoms with Crippen LogP contribution in [0.2, 0.25) is 0 Å². The third-order valence-electron chi connectivity index (χ3n) is 4.04. The molecule has 0 atom stereocenters. The minimum Gasteiger partial charge on any atom is -0.382 e. The summed E-state index contributed by atoms with van der Waals surface area (Å²) in [5, 5.41) is 12.1. The summed E-state index contributed by atoms with van der Waals surface area (Å²) in [7, 11) is -3.55. The normalized spacial score (nSPS) is 17.0. The zero-order chi connectivity index (χ0) is 18.2. The molecule has 1 aromatic carbocycles. The Morgan fingerprint density at radius 2 is 2.00 bits per heavy atom. The molecule has 0 aliphatic heterocycles. The van der Waals surface area contributed by atoms with Crippen LogP contribution in [0.4, 0.5) is 10.1 Å². The van der Waals surface area contributed by atoms with Crippen LogP contribution in [0.15, 0.2) is 16.6 Å². The van der Waals surface area contributed by atoms with Crippen molar-refractivity contribution < 1.29 is 12.8 Å². The maximum Gasteiger partial charge on any atom is 0.219 e. The second-order valence-electron chi connectivity index (χ2n) is 7.17. The molecule has 2 N–H and O–H groups in total. The van der Waals surface area contributed by atoms with E-state index in [1.807, 2.05) is 6.07 Å². The molecule has 1 aromatic rings. The summed E-state index contributed by atoms with van der Waals surface area (Å²) in [5.41, 5.74) is -0.392. The summed E-state index contributed by atoms with van der Waals surface area (Å²) in [6, 6.07) is 4.61. The molecule has 0 bridgehead atoms. The van der Waals surface area contributed by atoms with Crippen LogP contribution in [0, 0.1) is 17.1 Å². The Kier molecular flexibility index (Phi) is 5.28. The zero-order valence-corrected chi connectivity index (χ0v) is 16.3. The number of benzene rings is 1. The third kappa shape index (κ3) is 3.90. The van der Waals surface area contributed by atoms with E-state index in [0.717, 1.165) is 6.42 Å². The van der Waals surface area contributed by atoms with Gasteiger partial charge in [0.25, 0.3) is 0 Å². The molecule has 0 aromatic heterocycles. The Balaban J connectivity index is 2.26. The lowest BCUT2D eigenvalue weighted by molar-refractivity contribution is 0.339. The Morgan fingerprint density at radius 1 is 1.38 bits per heavy atom. The summed E-state index contributed by atoms with van der Waals surface area (Å²) in [6.45, 7) is 5.51. The number of anilines is 1. The van der Waals surface area contributed by atoms with Crippen molar-refractivity contribution in [2.75, 3.05) is 11.9 Å². The first kappa shape index (κ1) is 19.2. The fourth-order valence-corrected chi connectivity index (χ4v) is 5.25. The first-order valence-corrected chi connectivity index (χ1v) is 9.94. The number of nitrogens with zero attached hydrogens (tertiary/aromatic N) is 1. The molecule has 1 aliphatic rings. The highest BCUT2D eigenvalue weighted by atomic mass is 79.9. The molecule has 5 nitrogen and oxygen atoms in total. The van der Waals surface area contributed by atoms with Crippen LogP contribution in [0.3, 0.4) is 0 Å². The molecular weight excluding hydrogens is 397 g/mol. The van der Waals surface area contributed by atoms with Gasteiger partial charge in [-0.25, -0.2) is 17.5 Å². The van der Waals surface area contributed by atoms with Crippen LogP contribution in [0.1, 0.15) is 45.6 Å². The molecule has 8 heteroatoms. The summed E-state index contributed by atoms with van der Waals surface area (Å²) in [6.07, 6.45) is 1.89. The monoisotopic (exact) mass is 417 g/mol. The van der Waals surface area contributed by atoms with Gasteiger partial charge in [0, 0.05) is 16.6 Å². The van der Waals surface area contributed by atoms with E-state index in [2.05, 4.69) is 26.0 Å². The minimum absolute atomic E-state index is 0.117. The summed E-state index contributed by atoms with van der Waals surface area (Å²) in [5.74, 6) is -0.646. The van der Waals surface area contributed by atoms with Crippen LogP contribution < -0.4 is 10.0 Å². The van der Waals surface area contributed by atoms with Gasteiger partial charge in [0.1, 0.15) is 22.2 Å². The predicted octanol–water partition coefficient (Wildman–Crippen LogP) is 3.51. The second kappa shape index (κ2) is 6.62. The van der Waals surface area contributed by atoms with E-state index in [-0.39, 0.29) is 12.1 Å². The highest BCUT2D eigenvalue weighted by molar-refractivity contribution is 9.10. The number of hydrogen-bond donors (Lipinski definition) is 2. The minimum atomic E-state index is -3.55. The first-order valence-electron chi connectivity index (χ1n) is 7.66. The van der Waals surface area contributed by atoms with E-state index in [1.165, 1.54) is 6.07 Å². The van der Waals surface area contributed by atoms with Crippen LogP contribution in [0.5, 0.6) is 0 Å². The van der Waals surface area contributed by atoms with E-state index in [1.54, 1.807) is 26.8 Å². The highest BCUT2D eigenvalue weighted by Gasteiger charge is 2.49. The van der Waals surface area contributed by atoms with E-state index >= 15 is 0 Å². The first-order chi connectivity index (χ1) is 11.0. The molecule has 0 unspecified atom stereocenters. The molecule has 1 saturated carbocycles. The predicted molar refractivity (Wildman–Crippen MR) is 95.7 cm³/mol. The van der Waals surface area contributed by atoms with Gasteiger partial charge in [-0.05, 0) is 45.7 Å². The topological polar surface area (TPSA) is 82.0 Å². The Hall–Kier alpha value is -1.17. The van der Waals surface area contributed by atoms with Crippen LogP contribution >= 0.6 is 15.9 Å². The number of nitriles is 1. The lowest BCUT2D eigenvalue weighted by atomic mass is 9.84. The Morgan fingerprint density at radius 3 is 2.46 bits per heavy atom. The third-order valence-corrected chi connectivity index (χ3v) is 7.07. The fraction of sp³-hybridized carbons (Fsp3) is 0.562. The van der Waals surface area contributed by atoms with Crippen LogP contribution in [-0.2, 0) is 10.0 Å². The van der Waals surface area contributed by atoms with Crippen molar-refractivity contribution in [2.45, 2.75) is 50.3 Å². The van der Waals surface area contributed by atoms with E-state index < -0.39 is 26.1 Å². The molecule has 0 amide bonds. The number of nitrogens with one attached hydrogen (secondary N) is 2. The van der Waals surface area contributed by atoms with Gasteiger partial charge in [0.15, 0.2) is 0 Å². The van der Waals surface area contributed by atoms with Crippen LogP contribution in [-0.4, -0.2) is 25.2 Å². The highest BCUT2D eigenvalue weighted by Crippen LogP contribution is 2.40. The summed E-state index contributed by atoms with van der Waals surface area (Å²) < 4.78 is 41.6. The van der Waals surface area contributed by atoms with E-state index in [4.69, 9.17) is 5.26 Å². The number of sulfonamides is 1. The van der Waals surface area contributed by atoms with Crippen molar-refractivity contribution in [3.8, 4) is 6.07 Å². The van der Waals surface area contributed by atoms with Gasteiger partial charge in [-0.1, -0.05) is 22.4 Å². The zero-order valence-electron chi connectivity index (χ0n) is 13.9. The smallest absolute Gasteiger partial charge is 0.219 e. The average Bonchev–Trinajstić information content (AvgIpc) is 2.33. The van der Waals surface area contributed by atoms with Crippen molar-refractivity contribution >= 4 is 31.6 Å². The second-order valence-corrected chi connectivity index (χ2v) is 10.2. The summed E-state index contributed by atoms with van der Waals surface area (Å²) >= 11 is 3.19. The van der Waals surface area contributed by atoms with Gasteiger partial charge in [0.2, 0.25) is 10.0 Å². The van der Waals surface area contributed by atoms with Gasteiger partial charge >= 0.3 is 0 Å². The number of halogens is 2. The van der Waals surface area contributed by atoms with Crippen molar-refractivity contribution in [2.24, 2.45) is 0 Å². The average molecular weight is 418 g/mol. The van der Waals surface area contributed by atoms with Gasteiger partial charge < -0.3 is 5.32 Å². The number of rotatable bonds is 5. The molecule has 0 spiro atoms. The largest absolute Gasteiger partial charge is 0.382 e. The van der Waals surface area contributed by atoms with Crippen molar-refractivity contribution in [3.05, 3.63) is 28.0 Å². The van der Waals surface area contributed by atoms with Crippen molar-refractivity contribution in [1.29, 1.82) is 5.26 Å². The molecule has 0 saturated heterocycles. The lowest BCUT2D eigenvalue weighted by Crippen LogP contribution is -2.58. The van der Waals surface area contributed by atoms with Crippen molar-refractivity contribution in [1.82, 2.24) is 4.72 Å². The SMILES string of the molecule is CC(C)(C)NS(=O)(=O)C1(CNc2cc(Br)cc(F)c2C#N)CCC1. The molecule has 1 aliphatic carbocycles. The quantitative estimate of drug-likeness (QED) is 0.767. The molecule has 0 radical (unpaired) electrons. The molecule has 2 rings (SSSR count). The van der Waals surface area contributed by atoms with Gasteiger partial charge in [0.05, 0.1) is 5.69 Å². The maximum atomic E-state index is 13.9. The van der Waals surface area contributed by atoms with Gasteiger partial charge in [-0.2, -0.15) is 5.26 Å². The van der Waals surface area contributed by atoms with E-state index in [0.29, 0.717) is 23.0 Å². The molecule has 1 fully saturated rings. The standard InChI is InChI=1S/C16H21BrFN3O2S/c1-15(2,3)21-24(22,23)16(5-4-6-16)10-20-14-8-11(17)7-13(18)12(14)9-19/h7-8,20-21H,4-6,10H2,1-3H3. The van der Waals surface area contributed by atoms with Gasteiger partial charge in [-0.15, -0.1) is 0 Å². The Labute approximate surface area is 150 Å². The van der Waals surface area contributed by atoms with Crippen molar-refractivity contribution in [3.63, 3.8) is 0 Å². The molecule has 132 valence electrons. The van der Waals surface area contributed by atoms with Crippen LogP contribution in [0.25, 0.3) is 0 Å². The molecule has 0 heterocycles. The lowest BCUT2D eigenvalue weighted by Gasteiger charge is -2.42. The fourth-order valence-electron chi connectivity index (χ4n) is 2.71. The summed E-state index contributed by atoms with van der Waals surface area (Å²) in [4.78, 5) is 0. The number of hydrogen-bond acceptors (Lipinski definition) is 4. The van der Waals surface area contributed by atoms with E-state index in [9.17, 15) is 12.8 Å².